The second-order valence-corrected chi connectivity index (χ2v) is 5.89. The van der Waals surface area contributed by atoms with Crippen LogP contribution in [0, 0.1) is 0 Å². The first-order chi connectivity index (χ1) is 10.6. The maximum atomic E-state index is 12.4. The zero-order valence-corrected chi connectivity index (χ0v) is 14.0. The molecule has 22 heavy (non-hydrogen) atoms. The highest BCUT2D eigenvalue weighted by Gasteiger charge is 2.17. The number of nitrogens with zero attached hydrogens (tertiary/aromatic N) is 3. The zero-order chi connectivity index (χ0) is 15.7. The number of halogens is 2. The maximum absolute atomic E-state index is 12.4. The molecule has 112 valence electrons. The van der Waals surface area contributed by atoms with Crippen molar-refractivity contribution in [3.8, 4) is 0 Å². The second-order valence-electron chi connectivity index (χ2n) is 4.63. The van der Waals surface area contributed by atoms with Crippen molar-refractivity contribution in [3.63, 3.8) is 0 Å². The first kappa shape index (κ1) is 15.0. The van der Waals surface area contributed by atoms with Gasteiger partial charge in [-0.15, -0.1) is 0 Å². The lowest BCUT2D eigenvalue weighted by Gasteiger charge is -2.08. The number of rotatable bonds is 3. The standard InChI is InChI=1S/C15H12BrClN4O/c1-2-21-8-11(17)14(20-21)15(22)19-12-6-5-10(16)9-4-3-7-18-13(9)12/h3-8H,2H2,1H3,(H,19,22). The van der Waals surface area contributed by atoms with Gasteiger partial charge in [0, 0.05) is 28.8 Å². The number of nitrogens with one attached hydrogen (secondary N) is 1. The van der Waals surface area contributed by atoms with Crippen LogP contribution in [0.3, 0.4) is 0 Å². The third-order valence-corrected chi connectivity index (χ3v) is 4.19. The van der Waals surface area contributed by atoms with E-state index in [2.05, 4.69) is 31.3 Å². The largest absolute Gasteiger partial charge is 0.319 e. The van der Waals surface area contributed by atoms with Crippen molar-refractivity contribution in [1.82, 2.24) is 14.8 Å². The average Bonchev–Trinajstić information content (AvgIpc) is 2.91. The van der Waals surface area contributed by atoms with Crippen LogP contribution in [0.2, 0.25) is 5.02 Å². The molecular formula is C15H12BrClN4O. The van der Waals surface area contributed by atoms with Gasteiger partial charge in [-0.2, -0.15) is 5.10 Å². The molecule has 0 saturated heterocycles. The topological polar surface area (TPSA) is 59.8 Å². The van der Waals surface area contributed by atoms with Gasteiger partial charge in [-0.1, -0.05) is 33.6 Å². The van der Waals surface area contributed by atoms with Crippen LogP contribution in [-0.2, 0) is 6.54 Å². The minimum atomic E-state index is -0.355. The van der Waals surface area contributed by atoms with Gasteiger partial charge in [-0.3, -0.25) is 14.5 Å². The molecular weight excluding hydrogens is 368 g/mol. The van der Waals surface area contributed by atoms with Crippen molar-refractivity contribution in [2.45, 2.75) is 13.5 Å². The number of hydrogen-bond acceptors (Lipinski definition) is 3. The SMILES string of the molecule is CCn1cc(Cl)c(C(=O)Nc2ccc(Br)c3cccnc23)n1. The molecule has 0 atom stereocenters. The minimum absolute atomic E-state index is 0.204. The summed E-state index contributed by atoms with van der Waals surface area (Å²) in [5, 5.41) is 8.24. The molecule has 7 heteroatoms. The van der Waals surface area contributed by atoms with E-state index in [4.69, 9.17) is 11.6 Å². The summed E-state index contributed by atoms with van der Waals surface area (Å²) in [6.45, 7) is 2.58. The quantitative estimate of drug-likeness (QED) is 0.744. The molecule has 3 rings (SSSR count). The van der Waals surface area contributed by atoms with Crippen molar-refractivity contribution in [2.24, 2.45) is 0 Å². The molecule has 0 spiro atoms. The van der Waals surface area contributed by atoms with Crippen LogP contribution in [0.25, 0.3) is 10.9 Å². The number of amides is 1. The van der Waals surface area contributed by atoms with E-state index in [0.717, 1.165) is 9.86 Å². The van der Waals surface area contributed by atoms with Crippen molar-refractivity contribution < 1.29 is 4.79 Å². The summed E-state index contributed by atoms with van der Waals surface area (Å²) in [6.07, 6.45) is 3.32. The van der Waals surface area contributed by atoms with Crippen LogP contribution in [0.5, 0.6) is 0 Å². The van der Waals surface area contributed by atoms with Gasteiger partial charge in [0.2, 0.25) is 0 Å². The molecule has 2 heterocycles. The van der Waals surface area contributed by atoms with Crippen molar-refractivity contribution >= 4 is 50.0 Å². The van der Waals surface area contributed by atoms with Crippen LogP contribution in [0.1, 0.15) is 17.4 Å². The number of pyridine rings is 1. The highest BCUT2D eigenvalue weighted by Crippen LogP contribution is 2.28. The van der Waals surface area contributed by atoms with E-state index in [1.54, 1.807) is 23.1 Å². The van der Waals surface area contributed by atoms with Gasteiger partial charge in [0.25, 0.3) is 5.91 Å². The van der Waals surface area contributed by atoms with Gasteiger partial charge in [0.15, 0.2) is 5.69 Å². The predicted octanol–water partition coefficient (Wildman–Crippen LogP) is 4.12. The molecule has 0 fully saturated rings. The molecule has 0 aliphatic rings. The number of aromatic nitrogens is 3. The summed E-state index contributed by atoms with van der Waals surface area (Å²) in [6, 6.07) is 7.44. The fourth-order valence-corrected chi connectivity index (χ4v) is 2.82. The third kappa shape index (κ3) is 2.71. The molecule has 0 aliphatic heterocycles. The van der Waals surface area contributed by atoms with E-state index in [0.29, 0.717) is 22.8 Å². The van der Waals surface area contributed by atoms with Crippen LogP contribution < -0.4 is 5.32 Å². The van der Waals surface area contributed by atoms with Gasteiger partial charge in [-0.25, -0.2) is 0 Å². The Hall–Kier alpha value is -1.92. The van der Waals surface area contributed by atoms with E-state index in [1.165, 1.54) is 0 Å². The minimum Gasteiger partial charge on any atom is -0.319 e. The van der Waals surface area contributed by atoms with Crippen LogP contribution in [-0.4, -0.2) is 20.7 Å². The molecule has 0 saturated carbocycles. The van der Waals surface area contributed by atoms with Gasteiger partial charge in [0.1, 0.15) is 0 Å². The molecule has 0 unspecified atom stereocenters. The monoisotopic (exact) mass is 378 g/mol. The Labute approximate surface area is 140 Å². The predicted molar refractivity (Wildman–Crippen MR) is 90.3 cm³/mol. The molecule has 1 aromatic carbocycles. The Bertz CT molecular complexity index is 862. The lowest BCUT2D eigenvalue weighted by atomic mass is 10.2. The Morgan fingerprint density at radius 1 is 1.41 bits per heavy atom. The number of anilines is 1. The van der Waals surface area contributed by atoms with Crippen LogP contribution >= 0.6 is 27.5 Å². The van der Waals surface area contributed by atoms with Gasteiger partial charge >= 0.3 is 0 Å². The summed E-state index contributed by atoms with van der Waals surface area (Å²) in [5.74, 6) is -0.355. The third-order valence-electron chi connectivity index (χ3n) is 3.22. The fraction of sp³-hybridized carbons (Fsp3) is 0.133. The van der Waals surface area contributed by atoms with Crippen LogP contribution in [0.15, 0.2) is 41.1 Å². The Morgan fingerprint density at radius 3 is 2.95 bits per heavy atom. The molecule has 2 aromatic heterocycles. The summed E-state index contributed by atoms with van der Waals surface area (Å²) in [4.78, 5) is 16.7. The highest BCUT2D eigenvalue weighted by molar-refractivity contribution is 9.10. The number of benzene rings is 1. The Balaban J connectivity index is 1.98. The molecule has 1 N–H and O–H groups in total. The van der Waals surface area contributed by atoms with E-state index in [9.17, 15) is 4.79 Å². The van der Waals surface area contributed by atoms with Crippen molar-refractivity contribution in [1.29, 1.82) is 0 Å². The summed E-state index contributed by atoms with van der Waals surface area (Å²) >= 11 is 9.54. The van der Waals surface area contributed by atoms with Gasteiger partial charge in [-0.05, 0) is 25.1 Å². The Kier molecular flexibility index (Phi) is 4.13. The summed E-state index contributed by atoms with van der Waals surface area (Å²) in [5.41, 5.74) is 1.53. The molecule has 5 nitrogen and oxygen atoms in total. The fourth-order valence-electron chi connectivity index (χ4n) is 2.13. The molecule has 0 aliphatic carbocycles. The number of hydrogen-bond donors (Lipinski definition) is 1. The number of carbonyl (C=O) groups excluding carboxylic acids is 1. The highest BCUT2D eigenvalue weighted by atomic mass is 79.9. The second kappa shape index (κ2) is 6.06. The maximum Gasteiger partial charge on any atom is 0.277 e. The number of carbonyl (C=O) groups is 1. The summed E-state index contributed by atoms with van der Waals surface area (Å²) < 4.78 is 2.54. The molecule has 0 radical (unpaired) electrons. The van der Waals surface area contributed by atoms with E-state index in [1.807, 2.05) is 25.1 Å². The molecule has 0 bridgehead atoms. The van der Waals surface area contributed by atoms with E-state index in [-0.39, 0.29) is 11.6 Å². The van der Waals surface area contributed by atoms with Gasteiger partial charge < -0.3 is 5.32 Å². The first-order valence-corrected chi connectivity index (χ1v) is 7.84. The number of aryl methyl sites for hydroxylation is 1. The zero-order valence-electron chi connectivity index (χ0n) is 11.7. The Morgan fingerprint density at radius 2 is 2.23 bits per heavy atom. The average molecular weight is 380 g/mol. The van der Waals surface area contributed by atoms with E-state index < -0.39 is 0 Å². The first-order valence-electron chi connectivity index (χ1n) is 6.67. The molecule has 3 aromatic rings. The normalized spacial score (nSPS) is 10.9. The van der Waals surface area contributed by atoms with Crippen molar-refractivity contribution in [2.75, 3.05) is 5.32 Å². The smallest absolute Gasteiger partial charge is 0.277 e. The van der Waals surface area contributed by atoms with Crippen molar-refractivity contribution in [3.05, 3.63) is 51.8 Å². The van der Waals surface area contributed by atoms with Crippen LogP contribution in [0.4, 0.5) is 5.69 Å². The van der Waals surface area contributed by atoms with E-state index >= 15 is 0 Å². The number of fused-ring (bicyclic) bond motifs is 1. The lowest BCUT2D eigenvalue weighted by molar-refractivity contribution is 0.102. The lowest BCUT2D eigenvalue weighted by Crippen LogP contribution is -2.14. The van der Waals surface area contributed by atoms with Gasteiger partial charge in [0.05, 0.1) is 16.2 Å². The molecule has 1 amide bonds. The summed E-state index contributed by atoms with van der Waals surface area (Å²) in [7, 11) is 0.